The van der Waals surface area contributed by atoms with Gasteiger partial charge in [-0.05, 0) is 18.2 Å². The van der Waals surface area contributed by atoms with Crippen LogP contribution < -0.4 is 11.1 Å². The fourth-order valence-electron chi connectivity index (χ4n) is 1.14. The lowest BCUT2D eigenvalue weighted by Gasteiger charge is -2.10. The van der Waals surface area contributed by atoms with Crippen molar-refractivity contribution in [2.24, 2.45) is 11.7 Å². The summed E-state index contributed by atoms with van der Waals surface area (Å²) < 4.78 is 13.3. The molecule has 1 unspecified atom stereocenters. The Labute approximate surface area is 98.8 Å². The minimum atomic E-state index is -0.384. The Morgan fingerprint density at radius 3 is 2.94 bits per heavy atom. The number of rotatable bonds is 4. The standard InChI is InChI=1S/C11H14ClFN2O/c1-7(5-14)11(16)15-6-8-4-9(12)2-3-10(8)13/h2-4,7H,5-6,14H2,1H3,(H,15,16). The number of carbonyl (C=O) groups is 1. The second kappa shape index (κ2) is 5.82. The Bertz CT molecular complexity index is 384. The minimum absolute atomic E-state index is 0.121. The van der Waals surface area contributed by atoms with Crippen LogP contribution in [0.5, 0.6) is 0 Å². The van der Waals surface area contributed by atoms with Crippen LogP contribution in [0.4, 0.5) is 4.39 Å². The molecule has 1 aromatic carbocycles. The van der Waals surface area contributed by atoms with Crippen molar-refractivity contribution in [2.75, 3.05) is 6.54 Å². The van der Waals surface area contributed by atoms with Gasteiger partial charge in [-0.3, -0.25) is 4.79 Å². The molecule has 3 nitrogen and oxygen atoms in total. The number of benzene rings is 1. The van der Waals surface area contributed by atoms with Crippen LogP contribution in [0.25, 0.3) is 0 Å². The van der Waals surface area contributed by atoms with E-state index in [-0.39, 0.29) is 30.7 Å². The average Bonchev–Trinajstić information content (AvgIpc) is 2.28. The highest BCUT2D eigenvalue weighted by Crippen LogP contribution is 2.14. The lowest BCUT2D eigenvalue weighted by Crippen LogP contribution is -2.32. The quantitative estimate of drug-likeness (QED) is 0.847. The van der Waals surface area contributed by atoms with Gasteiger partial charge in [0.25, 0.3) is 0 Å². The van der Waals surface area contributed by atoms with Crippen molar-refractivity contribution in [1.82, 2.24) is 5.32 Å². The van der Waals surface area contributed by atoms with E-state index in [4.69, 9.17) is 17.3 Å². The molecule has 5 heteroatoms. The molecule has 16 heavy (non-hydrogen) atoms. The Kier molecular flexibility index (Phi) is 4.71. The zero-order valence-electron chi connectivity index (χ0n) is 8.97. The summed E-state index contributed by atoms with van der Waals surface area (Å²) in [4.78, 5) is 11.4. The highest BCUT2D eigenvalue weighted by Gasteiger charge is 2.11. The summed E-state index contributed by atoms with van der Waals surface area (Å²) in [6, 6.07) is 4.23. The molecule has 0 aromatic heterocycles. The maximum atomic E-state index is 13.3. The second-order valence-corrected chi connectivity index (χ2v) is 4.03. The third-order valence-electron chi connectivity index (χ3n) is 2.26. The van der Waals surface area contributed by atoms with E-state index in [1.807, 2.05) is 0 Å². The summed E-state index contributed by atoms with van der Waals surface area (Å²) in [7, 11) is 0. The molecule has 1 amide bonds. The number of nitrogens with two attached hydrogens (primary N) is 1. The van der Waals surface area contributed by atoms with Gasteiger partial charge in [0.2, 0.25) is 5.91 Å². The van der Waals surface area contributed by atoms with Crippen LogP contribution in [0.2, 0.25) is 5.02 Å². The summed E-state index contributed by atoms with van der Waals surface area (Å²) in [5.74, 6) is -0.853. The number of amides is 1. The molecule has 0 aliphatic carbocycles. The van der Waals surface area contributed by atoms with E-state index in [0.29, 0.717) is 10.6 Å². The van der Waals surface area contributed by atoms with Gasteiger partial charge in [-0.15, -0.1) is 0 Å². The number of nitrogens with one attached hydrogen (secondary N) is 1. The largest absolute Gasteiger partial charge is 0.352 e. The molecular formula is C11H14ClFN2O. The van der Waals surface area contributed by atoms with E-state index in [1.54, 1.807) is 6.92 Å². The first-order valence-electron chi connectivity index (χ1n) is 4.96. The van der Waals surface area contributed by atoms with Crippen molar-refractivity contribution in [3.63, 3.8) is 0 Å². The fourth-order valence-corrected chi connectivity index (χ4v) is 1.34. The van der Waals surface area contributed by atoms with Crippen molar-refractivity contribution < 1.29 is 9.18 Å². The maximum Gasteiger partial charge on any atom is 0.224 e. The topological polar surface area (TPSA) is 55.1 Å². The zero-order chi connectivity index (χ0) is 12.1. The van der Waals surface area contributed by atoms with Crippen LogP contribution in [0.15, 0.2) is 18.2 Å². The summed E-state index contributed by atoms with van der Waals surface area (Å²) in [6.07, 6.45) is 0. The number of halogens is 2. The molecule has 0 heterocycles. The molecule has 1 rings (SSSR count). The smallest absolute Gasteiger partial charge is 0.224 e. The van der Waals surface area contributed by atoms with Crippen LogP contribution >= 0.6 is 11.6 Å². The SMILES string of the molecule is CC(CN)C(=O)NCc1cc(Cl)ccc1F. The van der Waals surface area contributed by atoms with Gasteiger partial charge in [-0.25, -0.2) is 4.39 Å². The van der Waals surface area contributed by atoms with Gasteiger partial charge in [0, 0.05) is 29.6 Å². The van der Waals surface area contributed by atoms with E-state index >= 15 is 0 Å². The van der Waals surface area contributed by atoms with Gasteiger partial charge in [0.15, 0.2) is 0 Å². The van der Waals surface area contributed by atoms with E-state index in [0.717, 1.165) is 0 Å². The van der Waals surface area contributed by atoms with Crippen LogP contribution in [0, 0.1) is 11.7 Å². The number of hydrogen-bond donors (Lipinski definition) is 2. The van der Waals surface area contributed by atoms with Gasteiger partial charge in [-0.2, -0.15) is 0 Å². The number of carbonyl (C=O) groups excluding carboxylic acids is 1. The van der Waals surface area contributed by atoms with Crippen LogP contribution in [0.1, 0.15) is 12.5 Å². The summed E-state index contributed by atoms with van der Waals surface area (Å²) in [6.45, 7) is 2.10. The average molecular weight is 245 g/mol. The Balaban J connectivity index is 2.61. The maximum absolute atomic E-state index is 13.3. The molecule has 0 fully saturated rings. The predicted octanol–water partition coefficient (Wildman–Crippen LogP) is 1.69. The normalized spacial score (nSPS) is 12.2. The van der Waals surface area contributed by atoms with Crippen molar-refractivity contribution in [3.05, 3.63) is 34.6 Å². The second-order valence-electron chi connectivity index (χ2n) is 3.59. The lowest BCUT2D eigenvalue weighted by atomic mass is 10.1. The van der Waals surface area contributed by atoms with E-state index in [1.165, 1.54) is 18.2 Å². The fraction of sp³-hybridized carbons (Fsp3) is 0.364. The third kappa shape index (κ3) is 3.47. The van der Waals surface area contributed by atoms with Crippen LogP contribution in [0.3, 0.4) is 0 Å². The first kappa shape index (κ1) is 12.9. The molecule has 0 saturated heterocycles. The Morgan fingerprint density at radius 1 is 1.62 bits per heavy atom. The molecule has 0 aliphatic rings. The van der Waals surface area contributed by atoms with Gasteiger partial charge in [-0.1, -0.05) is 18.5 Å². The van der Waals surface area contributed by atoms with Crippen molar-refractivity contribution in [2.45, 2.75) is 13.5 Å². The third-order valence-corrected chi connectivity index (χ3v) is 2.50. The molecular weight excluding hydrogens is 231 g/mol. The van der Waals surface area contributed by atoms with E-state index in [9.17, 15) is 9.18 Å². The minimum Gasteiger partial charge on any atom is -0.352 e. The molecule has 0 radical (unpaired) electrons. The van der Waals surface area contributed by atoms with Gasteiger partial charge >= 0.3 is 0 Å². The Morgan fingerprint density at radius 2 is 2.31 bits per heavy atom. The highest BCUT2D eigenvalue weighted by molar-refractivity contribution is 6.30. The van der Waals surface area contributed by atoms with Gasteiger partial charge in [0.1, 0.15) is 5.82 Å². The monoisotopic (exact) mass is 244 g/mol. The molecule has 88 valence electrons. The summed E-state index contributed by atoms with van der Waals surface area (Å²) in [5, 5.41) is 3.04. The molecule has 0 aliphatic heterocycles. The lowest BCUT2D eigenvalue weighted by molar-refractivity contribution is -0.124. The first-order chi connectivity index (χ1) is 7.54. The molecule has 0 bridgehead atoms. The summed E-state index contributed by atoms with van der Waals surface area (Å²) >= 11 is 5.72. The highest BCUT2D eigenvalue weighted by atomic mass is 35.5. The first-order valence-corrected chi connectivity index (χ1v) is 5.34. The van der Waals surface area contributed by atoms with Crippen molar-refractivity contribution in [3.8, 4) is 0 Å². The van der Waals surface area contributed by atoms with Gasteiger partial charge < -0.3 is 11.1 Å². The molecule has 1 aromatic rings. The number of hydrogen-bond acceptors (Lipinski definition) is 2. The van der Waals surface area contributed by atoms with Crippen molar-refractivity contribution >= 4 is 17.5 Å². The van der Waals surface area contributed by atoms with Crippen molar-refractivity contribution in [1.29, 1.82) is 0 Å². The molecule has 0 saturated carbocycles. The molecule has 0 spiro atoms. The Hall–Kier alpha value is -1.13. The van der Waals surface area contributed by atoms with Gasteiger partial charge in [0.05, 0.1) is 0 Å². The van der Waals surface area contributed by atoms with E-state index < -0.39 is 0 Å². The van der Waals surface area contributed by atoms with Crippen LogP contribution in [-0.2, 0) is 11.3 Å². The predicted molar refractivity (Wildman–Crippen MR) is 61.5 cm³/mol. The zero-order valence-corrected chi connectivity index (χ0v) is 9.72. The summed E-state index contributed by atoms with van der Waals surface area (Å²) in [5.41, 5.74) is 5.71. The van der Waals surface area contributed by atoms with Crippen LogP contribution in [-0.4, -0.2) is 12.5 Å². The molecule has 1 atom stereocenters. The van der Waals surface area contributed by atoms with E-state index in [2.05, 4.69) is 5.32 Å². The molecule has 3 N–H and O–H groups in total.